The van der Waals surface area contributed by atoms with Crippen molar-refractivity contribution in [2.75, 3.05) is 0 Å². The average molecular weight is 213 g/mol. The first-order chi connectivity index (χ1) is 7.00. The van der Waals surface area contributed by atoms with Crippen molar-refractivity contribution in [3.63, 3.8) is 0 Å². The third-order valence-corrected chi connectivity index (χ3v) is 2.59. The Kier molecular flexibility index (Phi) is 7.05. The molecule has 1 atom stereocenters. The van der Waals surface area contributed by atoms with E-state index in [0.717, 1.165) is 25.7 Å². The quantitative estimate of drug-likeness (QED) is 0.457. The standard InChI is InChI=1S/C12H23NO2/c1-3-4-5-6-7-8-9-10-12(2,13)11(14)15/h3H,1,4-10,13H2,2H3,(H,14,15). The monoisotopic (exact) mass is 213 g/mol. The zero-order valence-electron chi connectivity index (χ0n) is 9.67. The Morgan fingerprint density at radius 3 is 2.40 bits per heavy atom. The fourth-order valence-corrected chi connectivity index (χ4v) is 1.42. The number of nitrogens with two attached hydrogens (primary N) is 1. The highest BCUT2D eigenvalue weighted by Crippen LogP contribution is 2.14. The van der Waals surface area contributed by atoms with Crippen molar-refractivity contribution in [2.24, 2.45) is 5.73 Å². The fraction of sp³-hybridized carbons (Fsp3) is 0.750. The lowest BCUT2D eigenvalue weighted by Gasteiger charge is -2.18. The molecular weight excluding hydrogens is 190 g/mol. The lowest BCUT2D eigenvalue weighted by molar-refractivity contribution is -0.142. The zero-order valence-corrected chi connectivity index (χ0v) is 9.67. The van der Waals surface area contributed by atoms with Crippen molar-refractivity contribution in [3.8, 4) is 0 Å². The highest BCUT2D eigenvalue weighted by atomic mass is 16.4. The van der Waals surface area contributed by atoms with Crippen LogP contribution in [0.5, 0.6) is 0 Å². The zero-order chi connectivity index (χ0) is 11.7. The minimum Gasteiger partial charge on any atom is -0.480 e. The lowest BCUT2D eigenvalue weighted by atomic mass is 9.95. The predicted molar refractivity (Wildman–Crippen MR) is 62.7 cm³/mol. The predicted octanol–water partition coefficient (Wildman–Crippen LogP) is 2.71. The molecule has 0 spiro atoms. The van der Waals surface area contributed by atoms with E-state index >= 15 is 0 Å². The molecule has 0 amide bonds. The highest BCUT2D eigenvalue weighted by molar-refractivity contribution is 5.77. The SMILES string of the molecule is C=CCCCCCCCC(C)(N)C(=O)O. The molecule has 3 heteroatoms. The van der Waals surface area contributed by atoms with E-state index in [4.69, 9.17) is 10.8 Å². The Balaban J connectivity index is 3.38. The van der Waals surface area contributed by atoms with Gasteiger partial charge in [0.2, 0.25) is 0 Å². The summed E-state index contributed by atoms with van der Waals surface area (Å²) in [6.07, 6.45) is 9.06. The van der Waals surface area contributed by atoms with Gasteiger partial charge in [-0.25, -0.2) is 0 Å². The average Bonchev–Trinajstić information content (AvgIpc) is 2.16. The van der Waals surface area contributed by atoms with Gasteiger partial charge in [-0.3, -0.25) is 4.79 Å². The summed E-state index contributed by atoms with van der Waals surface area (Å²) in [5, 5.41) is 8.78. The van der Waals surface area contributed by atoms with Gasteiger partial charge in [0.15, 0.2) is 0 Å². The molecule has 0 fully saturated rings. The Bertz CT molecular complexity index is 200. The molecule has 0 saturated heterocycles. The van der Waals surface area contributed by atoms with E-state index in [1.807, 2.05) is 6.08 Å². The van der Waals surface area contributed by atoms with Crippen LogP contribution >= 0.6 is 0 Å². The summed E-state index contributed by atoms with van der Waals surface area (Å²) in [5.74, 6) is -0.908. The summed E-state index contributed by atoms with van der Waals surface area (Å²) < 4.78 is 0. The summed E-state index contributed by atoms with van der Waals surface area (Å²) in [6, 6.07) is 0. The maximum absolute atomic E-state index is 10.7. The minimum absolute atomic E-state index is 0.559. The molecule has 15 heavy (non-hydrogen) atoms. The number of carbonyl (C=O) groups is 1. The summed E-state index contributed by atoms with van der Waals surface area (Å²) >= 11 is 0. The molecule has 0 aliphatic carbocycles. The second-order valence-electron chi connectivity index (χ2n) is 4.32. The number of carboxylic acids is 1. The minimum atomic E-state index is -1.05. The van der Waals surface area contributed by atoms with Crippen LogP contribution < -0.4 is 5.73 Å². The molecule has 0 aromatic heterocycles. The molecule has 0 heterocycles. The van der Waals surface area contributed by atoms with Gasteiger partial charge in [-0.05, 0) is 26.2 Å². The second-order valence-corrected chi connectivity index (χ2v) is 4.32. The van der Waals surface area contributed by atoms with E-state index in [0.29, 0.717) is 6.42 Å². The van der Waals surface area contributed by atoms with Crippen LogP contribution in [0.4, 0.5) is 0 Å². The molecule has 0 rings (SSSR count). The first kappa shape index (κ1) is 14.2. The molecule has 88 valence electrons. The van der Waals surface area contributed by atoms with Crippen LogP contribution in [0.3, 0.4) is 0 Å². The van der Waals surface area contributed by atoms with Crippen molar-refractivity contribution in [3.05, 3.63) is 12.7 Å². The number of hydrogen-bond donors (Lipinski definition) is 2. The van der Waals surface area contributed by atoms with Crippen molar-refractivity contribution in [1.82, 2.24) is 0 Å². The summed E-state index contributed by atoms with van der Waals surface area (Å²) in [6.45, 7) is 5.24. The van der Waals surface area contributed by atoms with E-state index in [-0.39, 0.29) is 0 Å². The van der Waals surface area contributed by atoms with E-state index in [2.05, 4.69) is 6.58 Å². The maximum atomic E-state index is 10.7. The van der Waals surface area contributed by atoms with Crippen LogP contribution in [-0.2, 0) is 4.79 Å². The normalized spacial score (nSPS) is 14.5. The van der Waals surface area contributed by atoms with Crippen LogP contribution in [0.2, 0.25) is 0 Å². The van der Waals surface area contributed by atoms with Gasteiger partial charge in [-0.2, -0.15) is 0 Å². The number of rotatable bonds is 9. The van der Waals surface area contributed by atoms with Gasteiger partial charge >= 0.3 is 5.97 Å². The van der Waals surface area contributed by atoms with Crippen molar-refractivity contribution < 1.29 is 9.90 Å². The fourth-order valence-electron chi connectivity index (χ4n) is 1.42. The van der Waals surface area contributed by atoms with Crippen LogP contribution in [-0.4, -0.2) is 16.6 Å². The van der Waals surface area contributed by atoms with Crippen molar-refractivity contribution in [2.45, 2.75) is 57.4 Å². The molecule has 3 nitrogen and oxygen atoms in total. The molecule has 0 aliphatic heterocycles. The molecule has 0 bridgehead atoms. The largest absolute Gasteiger partial charge is 0.480 e. The third-order valence-electron chi connectivity index (χ3n) is 2.59. The van der Waals surface area contributed by atoms with Gasteiger partial charge in [-0.1, -0.05) is 31.8 Å². The van der Waals surface area contributed by atoms with Crippen LogP contribution in [0.25, 0.3) is 0 Å². The van der Waals surface area contributed by atoms with E-state index in [9.17, 15) is 4.79 Å². The molecule has 1 unspecified atom stereocenters. The first-order valence-corrected chi connectivity index (χ1v) is 5.64. The van der Waals surface area contributed by atoms with Gasteiger partial charge in [0, 0.05) is 0 Å². The van der Waals surface area contributed by atoms with E-state index in [1.165, 1.54) is 12.8 Å². The summed E-state index contributed by atoms with van der Waals surface area (Å²) in [5.41, 5.74) is 4.55. The van der Waals surface area contributed by atoms with Gasteiger partial charge in [0.25, 0.3) is 0 Å². The summed E-state index contributed by atoms with van der Waals surface area (Å²) in [7, 11) is 0. The van der Waals surface area contributed by atoms with E-state index < -0.39 is 11.5 Å². The lowest BCUT2D eigenvalue weighted by Crippen LogP contribution is -2.44. The molecular formula is C12H23NO2. The van der Waals surface area contributed by atoms with Gasteiger partial charge in [-0.15, -0.1) is 6.58 Å². The number of unbranched alkanes of at least 4 members (excludes halogenated alkanes) is 5. The summed E-state index contributed by atoms with van der Waals surface area (Å²) in [4.78, 5) is 10.7. The third kappa shape index (κ3) is 7.14. The van der Waals surface area contributed by atoms with Gasteiger partial charge < -0.3 is 10.8 Å². The van der Waals surface area contributed by atoms with Crippen LogP contribution in [0.15, 0.2) is 12.7 Å². The Labute approximate surface area is 92.4 Å². The number of hydrogen-bond acceptors (Lipinski definition) is 2. The smallest absolute Gasteiger partial charge is 0.323 e. The van der Waals surface area contributed by atoms with Crippen LogP contribution in [0, 0.1) is 0 Å². The Morgan fingerprint density at radius 2 is 1.87 bits per heavy atom. The molecule has 0 saturated carbocycles. The highest BCUT2D eigenvalue weighted by Gasteiger charge is 2.26. The first-order valence-electron chi connectivity index (χ1n) is 5.64. The molecule has 0 aliphatic rings. The Morgan fingerprint density at radius 1 is 1.33 bits per heavy atom. The number of aliphatic carboxylic acids is 1. The van der Waals surface area contributed by atoms with Crippen molar-refractivity contribution >= 4 is 5.97 Å². The van der Waals surface area contributed by atoms with Crippen LogP contribution in [0.1, 0.15) is 51.9 Å². The molecule has 0 radical (unpaired) electrons. The number of allylic oxidation sites excluding steroid dienone is 1. The van der Waals surface area contributed by atoms with Gasteiger partial charge in [0.1, 0.15) is 5.54 Å². The number of carboxylic acid groups (broad SMARTS) is 1. The maximum Gasteiger partial charge on any atom is 0.323 e. The Hall–Kier alpha value is -0.830. The topological polar surface area (TPSA) is 63.3 Å². The van der Waals surface area contributed by atoms with Crippen molar-refractivity contribution in [1.29, 1.82) is 0 Å². The molecule has 0 aromatic rings. The molecule has 3 N–H and O–H groups in total. The second kappa shape index (κ2) is 7.46. The molecule has 0 aromatic carbocycles. The van der Waals surface area contributed by atoms with Gasteiger partial charge in [0.05, 0.1) is 0 Å². The van der Waals surface area contributed by atoms with E-state index in [1.54, 1.807) is 6.92 Å².